The average Bonchev–Trinajstić information content (AvgIpc) is 2.81. The Balaban J connectivity index is 1.54. The summed E-state index contributed by atoms with van der Waals surface area (Å²) in [6.07, 6.45) is 5.23. The number of aryl methyl sites for hydroxylation is 1. The summed E-state index contributed by atoms with van der Waals surface area (Å²) in [7, 11) is 0. The largest absolute Gasteiger partial charge is 0.454 e. The Morgan fingerprint density at radius 1 is 1.10 bits per heavy atom. The second kappa shape index (κ2) is 11.6. The van der Waals surface area contributed by atoms with Crippen LogP contribution in [-0.4, -0.2) is 42.4 Å². The van der Waals surface area contributed by atoms with Crippen LogP contribution in [-0.2, 0) is 20.7 Å². The predicted molar refractivity (Wildman–Crippen MR) is 122 cm³/mol. The summed E-state index contributed by atoms with van der Waals surface area (Å²) in [6.45, 7) is -0.367. The summed E-state index contributed by atoms with van der Waals surface area (Å²) in [5, 5.41) is 5.70. The number of fused-ring (bicyclic) bond motifs is 1. The number of nitrogens with one attached hydrogen (secondary N) is 2. The van der Waals surface area contributed by atoms with Gasteiger partial charge in [0.05, 0.1) is 6.04 Å². The van der Waals surface area contributed by atoms with Gasteiger partial charge >= 0.3 is 5.97 Å². The number of ether oxygens (including phenoxy) is 1. The Labute approximate surface area is 187 Å². The number of carbonyl (C=O) groups is 3. The van der Waals surface area contributed by atoms with E-state index >= 15 is 0 Å². The van der Waals surface area contributed by atoms with Gasteiger partial charge in [-0.25, -0.2) is 4.79 Å². The molecule has 31 heavy (non-hydrogen) atoms. The maximum Gasteiger partial charge on any atom is 0.329 e. The number of thioether (sulfide) groups is 1. The van der Waals surface area contributed by atoms with Crippen LogP contribution >= 0.6 is 11.8 Å². The Morgan fingerprint density at radius 3 is 2.61 bits per heavy atom. The molecule has 0 aromatic heterocycles. The third-order valence-corrected chi connectivity index (χ3v) is 5.93. The molecule has 2 aromatic rings. The molecule has 0 spiro atoms. The number of rotatable bonds is 9. The average molecular weight is 441 g/mol. The molecule has 3 rings (SSSR count). The molecule has 2 atom stereocenters. The highest BCUT2D eigenvalue weighted by Crippen LogP contribution is 2.29. The third-order valence-electron chi connectivity index (χ3n) is 5.29. The Morgan fingerprint density at radius 2 is 1.84 bits per heavy atom. The van der Waals surface area contributed by atoms with Crippen LogP contribution in [0.1, 0.15) is 46.8 Å². The fraction of sp³-hybridized carbons (Fsp3) is 0.375. The quantitative estimate of drug-likeness (QED) is 0.585. The fourth-order valence-electron chi connectivity index (χ4n) is 3.69. The van der Waals surface area contributed by atoms with E-state index in [0.29, 0.717) is 17.7 Å². The minimum Gasteiger partial charge on any atom is -0.454 e. The first kappa shape index (κ1) is 22.9. The molecule has 1 aliphatic carbocycles. The number of esters is 1. The molecule has 0 heterocycles. The van der Waals surface area contributed by atoms with Crippen molar-refractivity contribution < 1.29 is 19.1 Å². The lowest BCUT2D eigenvalue weighted by molar-refractivity contribution is -0.150. The summed E-state index contributed by atoms with van der Waals surface area (Å²) >= 11 is 1.57. The van der Waals surface area contributed by atoms with E-state index in [1.165, 1.54) is 5.56 Å². The molecule has 2 N–H and O–H groups in total. The standard InChI is InChI=1S/C24H28N2O4S/c1-31-15-14-21(26-23(28)18-9-3-2-4-10-18)24(29)30-16-22(27)25-20-13-7-11-17-8-5-6-12-19(17)20/h2-6,8-10,12,20-21H,7,11,13-16H2,1H3,(H,25,27)(H,26,28). The first-order valence-electron chi connectivity index (χ1n) is 10.5. The van der Waals surface area contributed by atoms with Gasteiger partial charge in [0, 0.05) is 5.56 Å². The lowest BCUT2D eigenvalue weighted by atomic mass is 9.88. The number of carbonyl (C=O) groups excluding carboxylic acids is 3. The molecule has 2 unspecified atom stereocenters. The van der Waals surface area contributed by atoms with Crippen LogP contribution in [0.15, 0.2) is 54.6 Å². The summed E-state index contributed by atoms with van der Waals surface area (Å²) in [5.74, 6) is -0.600. The van der Waals surface area contributed by atoms with Gasteiger partial charge in [0.2, 0.25) is 0 Å². The van der Waals surface area contributed by atoms with Gasteiger partial charge in [-0.15, -0.1) is 0 Å². The summed E-state index contributed by atoms with van der Waals surface area (Å²) < 4.78 is 5.25. The highest BCUT2D eigenvalue weighted by atomic mass is 32.2. The van der Waals surface area contributed by atoms with Crippen LogP contribution in [0.2, 0.25) is 0 Å². The van der Waals surface area contributed by atoms with Crippen molar-refractivity contribution in [2.24, 2.45) is 0 Å². The van der Waals surface area contributed by atoms with E-state index in [4.69, 9.17) is 4.74 Å². The Bertz CT molecular complexity index is 903. The van der Waals surface area contributed by atoms with E-state index < -0.39 is 12.0 Å². The molecular formula is C24H28N2O4S. The minimum absolute atomic E-state index is 0.0683. The van der Waals surface area contributed by atoms with Crippen molar-refractivity contribution in [3.05, 3.63) is 71.3 Å². The topological polar surface area (TPSA) is 84.5 Å². The monoisotopic (exact) mass is 440 g/mol. The van der Waals surface area contributed by atoms with Crippen molar-refractivity contribution in [2.45, 2.75) is 37.8 Å². The van der Waals surface area contributed by atoms with E-state index in [-0.39, 0.29) is 24.5 Å². The normalized spacial score (nSPS) is 16.0. The SMILES string of the molecule is CSCCC(NC(=O)c1ccccc1)C(=O)OCC(=O)NC1CCCc2ccccc21. The van der Waals surface area contributed by atoms with E-state index in [2.05, 4.69) is 16.7 Å². The van der Waals surface area contributed by atoms with Crippen LogP contribution in [0.5, 0.6) is 0 Å². The van der Waals surface area contributed by atoms with Crippen LogP contribution in [0, 0.1) is 0 Å². The maximum atomic E-state index is 12.6. The Hall–Kier alpha value is -2.80. The van der Waals surface area contributed by atoms with Gasteiger partial charge in [-0.05, 0) is 61.0 Å². The molecule has 0 fully saturated rings. The zero-order valence-electron chi connectivity index (χ0n) is 17.6. The van der Waals surface area contributed by atoms with Crippen LogP contribution in [0.4, 0.5) is 0 Å². The minimum atomic E-state index is -0.802. The molecule has 0 bridgehead atoms. The van der Waals surface area contributed by atoms with Crippen molar-refractivity contribution in [3.8, 4) is 0 Å². The van der Waals surface area contributed by atoms with Crippen LogP contribution in [0.3, 0.4) is 0 Å². The highest BCUT2D eigenvalue weighted by Gasteiger charge is 2.25. The van der Waals surface area contributed by atoms with Crippen LogP contribution < -0.4 is 10.6 Å². The van der Waals surface area contributed by atoms with Gasteiger partial charge in [-0.2, -0.15) is 11.8 Å². The summed E-state index contributed by atoms with van der Waals surface area (Å²) in [5.41, 5.74) is 2.84. The van der Waals surface area contributed by atoms with Crippen molar-refractivity contribution in [3.63, 3.8) is 0 Å². The first-order chi connectivity index (χ1) is 15.1. The number of hydrogen-bond donors (Lipinski definition) is 2. The fourth-order valence-corrected chi connectivity index (χ4v) is 4.16. The Kier molecular flexibility index (Phi) is 8.53. The van der Waals surface area contributed by atoms with Gasteiger partial charge in [-0.3, -0.25) is 9.59 Å². The number of amides is 2. The van der Waals surface area contributed by atoms with Gasteiger partial charge < -0.3 is 15.4 Å². The van der Waals surface area contributed by atoms with E-state index in [9.17, 15) is 14.4 Å². The smallest absolute Gasteiger partial charge is 0.329 e. The van der Waals surface area contributed by atoms with Gasteiger partial charge in [0.25, 0.3) is 11.8 Å². The molecule has 0 saturated heterocycles. The van der Waals surface area contributed by atoms with Crippen LogP contribution in [0.25, 0.3) is 0 Å². The summed E-state index contributed by atoms with van der Waals surface area (Å²) in [4.78, 5) is 37.4. The van der Waals surface area contributed by atoms with E-state index in [0.717, 1.165) is 24.8 Å². The van der Waals surface area contributed by atoms with Gasteiger partial charge in [0.1, 0.15) is 6.04 Å². The van der Waals surface area contributed by atoms with E-state index in [1.807, 2.05) is 30.5 Å². The summed E-state index contributed by atoms with van der Waals surface area (Å²) in [6, 6.07) is 15.9. The second-order valence-electron chi connectivity index (χ2n) is 7.49. The lowest BCUT2D eigenvalue weighted by Crippen LogP contribution is -2.43. The zero-order valence-corrected chi connectivity index (χ0v) is 18.5. The van der Waals surface area contributed by atoms with Crippen molar-refractivity contribution in [1.82, 2.24) is 10.6 Å². The number of hydrogen-bond acceptors (Lipinski definition) is 5. The molecule has 164 valence electrons. The van der Waals surface area contributed by atoms with Crippen molar-refractivity contribution >= 4 is 29.5 Å². The highest BCUT2D eigenvalue weighted by molar-refractivity contribution is 7.98. The molecule has 2 aromatic carbocycles. The van der Waals surface area contributed by atoms with Crippen molar-refractivity contribution in [2.75, 3.05) is 18.6 Å². The molecule has 6 nitrogen and oxygen atoms in total. The molecule has 7 heteroatoms. The van der Waals surface area contributed by atoms with Gasteiger partial charge in [-0.1, -0.05) is 42.5 Å². The second-order valence-corrected chi connectivity index (χ2v) is 8.48. The molecule has 0 radical (unpaired) electrons. The predicted octanol–water partition coefficient (Wildman–Crippen LogP) is 3.28. The third kappa shape index (κ3) is 6.59. The molecule has 0 saturated carbocycles. The molecular weight excluding hydrogens is 412 g/mol. The maximum absolute atomic E-state index is 12.6. The van der Waals surface area contributed by atoms with Gasteiger partial charge in [0.15, 0.2) is 6.61 Å². The molecule has 0 aliphatic heterocycles. The molecule has 1 aliphatic rings. The van der Waals surface area contributed by atoms with Crippen molar-refractivity contribution in [1.29, 1.82) is 0 Å². The molecule has 2 amide bonds. The lowest BCUT2D eigenvalue weighted by Gasteiger charge is -2.26. The first-order valence-corrected chi connectivity index (χ1v) is 11.9. The van der Waals surface area contributed by atoms with E-state index in [1.54, 1.807) is 36.0 Å². The zero-order chi connectivity index (χ0) is 22.1. The number of benzene rings is 2.